The number of hydrogen-bond acceptors (Lipinski definition) is 4. The second-order valence-corrected chi connectivity index (χ2v) is 12.0. The summed E-state index contributed by atoms with van der Waals surface area (Å²) in [7, 11) is 0. The van der Waals surface area contributed by atoms with Crippen LogP contribution in [0.15, 0.2) is 5.18 Å². The van der Waals surface area contributed by atoms with Crippen LogP contribution < -0.4 is 0 Å². The molecule has 0 aliphatic heterocycles. The van der Waals surface area contributed by atoms with Crippen LogP contribution in [-0.4, -0.2) is 28.0 Å². The molecule has 0 saturated heterocycles. The highest BCUT2D eigenvalue weighted by molar-refractivity contribution is 5.10. The molecule has 10 atom stereocenters. The molecule has 0 aromatic carbocycles. The van der Waals surface area contributed by atoms with Crippen LogP contribution in [0.25, 0.3) is 0 Å². The number of nitrogens with zero attached hydrogens (tertiary/aromatic N) is 1. The lowest BCUT2D eigenvalue weighted by molar-refractivity contribution is -0.125. The van der Waals surface area contributed by atoms with Crippen molar-refractivity contribution < 1.29 is 10.2 Å². The number of hydrogen-bond donors (Lipinski definition) is 2. The van der Waals surface area contributed by atoms with Crippen molar-refractivity contribution in [1.29, 1.82) is 0 Å². The molecule has 0 radical (unpaired) electrons. The van der Waals surface area contributed by atoms with Gasteiger partial charge in [-0.3, -0.25) is 0 Å². The van der Waals surface area contributed by atoms with Gasteiger partial charge >= 0.3 is 0 Å². The third-order valence-corrected chi connectivity index (χ3v) is 10.4. The van der Waals surface area contributed by atoms with E-state index in [-0.39, 0.29) is 23.5 Å². The molecule has 2 N–H and O–H groups in total. The maximum atomic E-state index is 11.9. The number of unbranched alkanes of at least 4 members (excludes halogenated alkanes) is 3. The molecule has 30 heavy (non-hydrogen) atoms. The number of aliphatic hydroxyl groups excluding tert-OH is 1. The van der Waals surface area contributed by atoms with Gasteiger partial charge in [0.1, 0.15) is 0 Å². The third kappa shape index (κ3) is 3.89. The lowest BCUT2D eigenvalue weighted by Crippen LogP contribution is -2.56. The fraction of sp³-hybridized carbons (Fsp3) is 1.00. The molecule has 0 spiro atoms. The molecule has 4 nitrogen and oxygen atoms in total. The molecule has 4 rings (SSSR count). The van der Waals surface area contributed by atoms with Crippen LogP contribution in [0.1, 0.15) is 104 Å². The van der Waals surface area contributed by atoms with Crippen LogP contribution >= 0.6 is 0 Å². The van der Waals surface area contributed by atoms with Gasteiger partial charge in [-0.05, 0) is 106 Å². The molecule has 4 saturated carbocycles. The summed E-state index contributed by atoms with van der Waals surface area (Å²) >= 11 is 0. The lowest BCUT2D eigenvalue weighted by atomic mass is 9.45. The average Bonchev–Trinajstić information content (AvgIpc) is 3.17. The van der Waals surface area contributed by atoms with Gasteiger partial charge in [-0.1, -0.05) is 44.7 Å². The van der Waals surface area contributed by atoms with E-state index in [2.05, 4.69) is 25.9 Å². The van der Waals surface area contributed by atoms with Gasteiger partial charge in [0, 0.05) is 0 Å². The zero-order chi connectivity index (χ0) is 21.5. The molecule has 0 aromatic heterocycles. The average molecular weight is 420 g/mol. The molecule has 4 aliphatic rings. The Balaban J connectivity index is 1.49. The van der Waals surface area contributed by atoms with E-state index < -0.39 is 5.60 Å². The maximum absolute atomic E-state index is 11.9. The largest absolute Gasteiger partial charge is 0.393 e. The van der Waals surface area contributed by atoms with Crippen molar-refractivity contribution in [3.8, 4) is 0 Å². The Bertz CT molecular complexity index is 607. The van der Waals surface area contributed by atoms with Gasteiger partial charge in [0.05, 0.1) is 17.7 Å². The zero-order valence-corrected chi connectivity index (χ0v) is 19.6. The smallest absolute Gasteiger partial charge is 0.0956 e. The van der Waals surface area contributed by atoms with Gasteiger partial charge in [-0.25, -0.2) is 0 Å². The van der Waals surface area contributed by atoms with Crippen molar-refractivity contribution in [2.24, 2.45) is 46.1 Å². The van der Waals surface area contributed by atoms with Gasteiger partial charge < -0.3 is 10.2 Å². The Morgan fingerprint density at radius 3 is 2.47 bits per heavy atom. The van der Waals surface area contributed by atoms with Crippen molar-refractivity contribution in [3.05, 3.63) is 4.91 Å². The van der Waals surface area contributed by atoms with Crippen LogP contribution in [0.4, 0.5) is 0 Å². The predicted molar refractivity (Wildman–Crippen MR) is 121 cm³/mol. The van der Waals surface area contributed by atoms with E-state index in [0.717, 1.165) is 44.9 Å². The molecule has 0 amide bonds. The highest BCUT2D eigenvalue weighted by Crippen LogP contribution is 2.65. The summed E-state index contributed by atoms with van der Waals surface area (Å²) in [6.45, 7) is 6.76. The maximum Gasteiger partial charge on any atom is 0.0956 e. The molecular formula is C26H45NO3. The SMILES string of the molecule is CCCCCC[C@](C)(O)[C@H]1CC[C@@H]2C1CC[C@H]1[C@H]2C[C@H](N=O)[C@H]2C[C@@H](O)CC[C@@]21C. The van der Waals surface area contributed by atoms with Gasteiger partial charge in [0.25, 0.3) is 0 Å². The first-order valence-electron chi connectivity index (χ1n) is 13.0. The Morgan fingerprint density at radius 1 is 0.967 bits per heavy atom. The minimum Gasteiger partial charge on any atom is -0.393 e. The van der Waals surface area contributed by atoms with Crippen LogP contribution in [-0.2, 0) is 0 Å². The summed E-state index contributed by atoms with van der Waals surface area (Å²) in [5.41, 5.74) is -0.384. The summed E-state index contributed by atoms with van der Waals surface area (Å²) < 4.78 is 0. The van der Waals surface area contributed by atoms with Gasteiger partial charge in [0.15, 0.2) is 0 Å². The molecule has 1 unspecified atom stereocenters. The zero-order valence-electron chi connectivity index (χ0n) is 19.6. The van der Waals surface area contributed by atoms with E-state index in [1.807, 2.05) is 0 Å². The van der Waals surface area contributed by atoms with Crippen LogP contribution in [0.2, 0.25) is 0 Å². The summed E-state index contributed by atoms with van der Waals surface area (Å²) in [4.78, 5) is 11.9. The fourth-order valence-corrected chi connectivity index (χ4v) is 8.91. The highest BCUT2D eigenvalue weighted by atomic mass is 16.3. The third-order valence-electron chi connectivity index (χ3n) is 10.4. The number of rotatable bonds is 7. The molecule has 4 aliphatic carbocycles. The Labute approximate surface area is 183 Å². The summed E-state index contributed by atoms with van der Waals surface area (Å²) in [6.07, 6.45) is 14.0. The topological polar surface area (TPSA) is 69.9 Å². The number of fused-ring (bicyclic) bond motifs is 5. The van der Waals surface area contributed by atoms with Crippen molar-refractivity contribution in [1.82, 2.24) is 0 Å². The predicted octanol–water partition coefficient (Wildman–Crippen LogP) is 6.08. The van der Waals surface area contributed by atoms with Gasteiger partial charge in [-0.2, -0.15) is 4.91 Å². The van der Waals surface area contributed by atoms with E-state index >= 15 is 0 Å². The van der Waals surface area contributed by atoms with Crippen molar-refractivity contribution >= 4 is 0 Å². The quantitative estimate of drug-likeness (QED) is 0.388. The minimum atomic E-state index is -0.543. The summed E-state index contributed by atoms with van der Waals surface area (Å²) in [6, 6.07) is -0.126. The monoisotopic (exact) mass is 419 g/mol. The van der Waals surface area contributed by atoms with E-state index in [1.165, 1.54) is 38.5 Å². The molecule has 172 valence electrons. The van der Waals surface area contributed by atoms with Crippen LogP contribution in [0, 0.1) is 45.8 Å². The fourth-order valence-electron chi connectivity index (χ4n) is 8.91. The van der Waals surface area contributed by atoms with Gasteiger partial charge in [-0.15, -0.1) is 0 Å². The Morgan fingerprint density at radius 2 is 1.73 bits per heavy atom. The summed E-state index contributed by atoms with van der Waals surface area (Å²) in [5.74, 6) is 3.21. The van der Waals surface area contributed by atoms with Crippen molar-refractivity contribution in [2.75, 3.05) is 0 Å². The second kappa shape index (κ2) is 8.81. The van der Waals surface area contributed by atoms with Crippen LogP contribution in [0.3, 0.4) is 0 Å². The number of nitroso groups, excluding NO2 is 1. The first-order valence-corrected chi connectivity index (χ1v) is 13.0. The molecule has 0 heterocycles. The van der Waals surface area contributed by atoms with Crippen molar-refractivity contribution in [3.63, 3.8) is 0 Å². The Kier molecular flexibility index (Phi) is 6.67. The van der Waals surface area contributed by atoms with E-state index in [1.54, 1.807) is 0 Å². The normalized spacial score (nSPS) is 47.6. The van der Waals surface area contributed by atoms with Gasteiger partial charge in [0.2, 0.25) is 0 Å². The molecular weight excluding hydrogens is 374 g/mol. The molecule has 0 bridgehead atoms. The molecule has 0 aromatic rings. The molecule has 4 heteroatoms. The number of aliphatic hydroxyl groups is 2. The van der Waals surface area contributed by atoms with Crippen LogP contribution in [0.5, 0.6) is 0 Å². The summed E-state index contributed by atoms with van der Waals surface area (Å²) in [5, 5.41) is 25.3. The first-order chi connectivity index (χ1) is 14.3. The standard InChI is InChI=1S/C26H45NO3/c1-4-5-6-7-13-26(3,29)22-11-8-18-19(22)9-10-21-20(18)16-24(27-30)23-15-17(28)12-14-25(21,23)2/h17-24,28-29H,4-16H2,1-3H3/t17-,18+,19?,20-,21-,22-,23+,24-,25+,26-/m0/s1. The van der Waals surface area contributed by atoms with E-state index in [9.17, 15) is 15.1 Å². The highest BCUT2D eigenvalue weighted by Gasteiger charge is 2.60. The Hall–Kier alpha value is -0.480. The minimum absolute atomic E-state index is 0.126. The van der Waals surface area contributed by atoms with E-state index in [4.69, 9.17) is 0 Å². The molecule has 4 fully saturated rings. The second-order valence-electron chi connectivity index (χ2n) is 12.0. The lowest BCUT2D eigenvalue weighted by Gasteiger charge is -2.60. The van der Waals surface area contributed by atoms with E-state index in [0.29, 0.717) is 29.6 Å². The first kappa shape index (κ1) is 22.7. The van der Waals surface area contributed by atoms with Crippen molar-refractivity contribution in [2.45, 2.75) is 122 Å².